The Balaban J connectivity index is 1.43. The molecule has 2 heterocycles. The van der Waals surface area contributed by atoms with Crippen LogP contribution in [0.1, 0.15) is 28.7 Å². The zero-order valence-corrected chi connectivity index (χ0v) is 16.7. The van der Waals surface area contributed by atoms with Gasteiger partial charge in [-0.2, -0.15) is 5.26 Å². The van der Waals surface area contributed by atoms with E-state index in [1.54, 1.807) is 6.07 Å². The minimum absolute atomic E-state index is 0.282. The third kappa shape index (κ3) is 4.73. The van der Waals surface area contributed by atoms with Crippen molar-refractivity contribution in [3.05, 3.63) is 81.2 Å². The quantitative estimate of drug-likeness (QED) is 0.639. The minimum atomic E-state index is -0.282. The second kappa shape index (κ2) is 8.60. The monoisotopic (exact) mass is 387 g/mol. The highest BCUT2D eigenvalue weighted by molar-refractivity contribution is 5.80. The first-order valence-electron chi connectivity index (χ1n) is 10.1. The molecule has 0 radical (unpaired) electrons. The van der Waals surface area contributed by atoms with Gasteiger partial charge >= 0.3 is 5.63 Å². The molecule has 1 aliphatic heterocycles. The summed E-state index contributed by atoms with van der Waals surface area (Å²) in [6, 6.07) is 17.7. The normalized spacial score (nSPS) is 15.9. The zero-order chi connectivity index (χ0) is 20.2. The number of nitriles is 1. The highest BCUT2D eigenvalue weighted by atomic mass is 16.4. The average molecular weight is 387 g/mol. The zero-order valence-electron chi connectivity index (χ0n) is 16.7. The van der Waals surface area contributed by atoms with Crippen LogP contribution in [-0.4, -0.2) is 36.0 Å². The fourth-order valence-electron chi connectivity index (χ4n) is 3.99. The second-order valence-corrected chi connectivity index (χ2v) is 7.80. The number of rotatable bonds is 4. The Morgan fingerprint density at radius 3 is 2.41 bits per heavy atom. The molecule has 1 saturated heterocycles. The lowest BCUT2D eigenvalue weighted by molar-refractivity contribution is 0.247. The summed E-state index contributed by atoms with van der Waals surface area (Å²) in [6.07, 6.45) is 1.09. The van der Waals surface area contributed by atoms with Gasteiger partial charge in [-0.25, -0.2) is 4.79 Å². The molecule has 148 valence electrons. The molecular weight excluding hydrogens is 362 g/mol. The van der Waals surface area contributed by atoms with E-state index in [4.69, 9.17) is 9.68 Å². The van der Waals surface area contributed by atoms with Crippen molar-refractivity contribution >= 4 is 11.0 Å². The molecule has 1 aromatic heterocycles. The smallest absolute Gasteiger partial charge is 0.336 e. The molecule has 5 heteroatoms. The topological polar surface area (TPSA) is 60.5 Å². The summed E-state index contributed by atoms with van der Waals surface area (Å²) >= 11 is 0. The van der Waals surface area contributed by atoms with E-state index in [0.717, 1.165) is 62.2 Å². The summed E-state index contributed by atoms with van der Waals surface area (Å²) in [4.78, 5) is 16.9. The van der Waals surface area contributed by atoms with Crippen molar-refractivity contribution in [3.63, 3.8) is 0 Å². The Morgan fingerprint density at radius 2 is 1.69 bits per heavy atom. The first-order valence-corrected chi connectivity index (χ1v) is 10.1. The van der Waals surface area contributed by atoms with Crippen molar-refractivity contribution in [1.82, 2.24) is 9.80 Å². The van der Waals surface area contributed by atoms with Gasteiger partial charge in [0.05, 0.1) is 11.6 Å². The van der Waals surface area contributed by atoms with Gasteiger partial charge in [0.25, 0.3) is 0 Å². The van der Waals surface area contributed by atoms with Crippen LogP contribution >= 0.6 is 0 Å². The highest BCUT2D eigenvalue weighted by Crippen LogP contribution is 2.21. The van der Waals surface area contributed by atoms with Crippen LogP contribution in [0.15, 0.2) is 57.7 Å². The van der Waals surface area contributed by atoms with Crippen LogP contribution in [0.4, 0.5) is 0 Å². The molecule has 0 spiro atoms. The standard InChI is InChI=1S/C24H25N3O2/c1-18-3-8-22-21(14-24(28)29-23(22)13-18)17-27-10-2-9-26(11-12-27)16-20-6-4-19(15-25)5-7-20/h3-8,13-14H,2,9-12,16-17H2,1H3. The minimum Gasteiger partial charge on any atom is -0.423 e. The number of aryl methyl sites for hydroxylation is 1. The molecule has 0 atom stereocenters. The van der Waals surface area contributed by atoms with Gasteiger partial charge < -0.3 is 4.42 Å². The molecular formula is C24H25N3O2. The number of hydrogen-bond donors (Lipinski definition) is 0. The van der Waals surface area contributed by atoms with E-state index < -0.39 is 0 Å². The Morgan fingerprint density at radius 1 is 0.966 bits per heavy atom. The molecule has 0 unspecified atom stereocenters. The van der Waals surface area contributed by atoms with Crippen molar-refractivity contribution < 1.29 is 4.42 Å². The van der Waals surface area contributed by atoms with Gasteiger partial charge in [0.2, 0.25) is 0 Å². The fraction of sp³-hybridized carbons (Fsp3) is 0.333. The molecule has 1 fully saturated rings. The lowest BCUT2D eigenvalue weighted by Gasteiger charge is -2.22. The lowest BCUT2D eigenvalue weighted by atomic mass is 10.1. The van der Waals surface area contributed by atoms with Gasteiger partial charge in [-0.05, 0) is 61.3 Å². The third-order valence-corrected chi connectivity index (χ3v) is 5.55. The maximum atomic E-state index is 12.0. The van der Waals surface area contributed by atoms with Crippen LogP contribution in [0, 0.1) is 18.3 Å². The molecule has 5 nitrogen and oxygen atoms in total. The van der Waals surface area contributed by atoms with Crippen LogP contribution < -0.4 is 5.63 Å². The molecule has 2 aromatic carbocycles. The summed E-state index contributed by atoms with van der Waals surface area (Å²) in [6.45, 7) is 7.67. The van der Waals surface area contributed by atoms with Crippen LogP contribution in [0.5, 0.6) is 0 Å². The van der Waals surface area contributed by atoms with E-state index in [-0.39, 0.29) is 5.63 Å². The van der Waals surface area contributed by atoms with Gasteiger partial charge in [-0.15, -0.1) is 0 Å². The summed E-state index contributed by atoms with van der Waals surface area (Å²) < 4.78 is 5.39. The maximum Gasteiger partial charge on any atom is 0.336 e. The molecule has 0 N–H and O–H groups in total. The molecule has 1 aliphatic rings. The SMILES string of the molecule is Cc1ccc2c(CN3CCCN(Cc4ccc(C#N)cc4)CC3)cc(=O)oc2c1. The van der Waals surface area contributed by atoms with E-state index in [9.17, 15) is 4.79 Å². The largest absolute Gasteiger partial charge is 0.423 e. The van der Waals surface area contributed by atoms with E-state index in [0.29, 0.717) is 11.1 Å². The number of nitrogens with zero attached hydrogens (tertiary/aromatic N) is 3. The number of benzene rings is 2. The third-order valence-electron chi connectivity index (χ3n) is 5.55. The van der Waals surface area contributed by atoms with E-state index in [2.05, 4.69) is 28.0 Å². The molecule has 29 heavy (non-hydrogen) atoms. The first kappa shape index (κ1) is 19.4. The molecule has 0 bridgehead atoms. The van der Waals surface area contributed by atoms with E-state index >= 15 is 0 Å². The number of hydrogen-bond acceptors (Lipinski definition) is 5. The molecule has 0 saturated carbocycles. The van der Waals surface area contributed by atoms with Crippen LogP contribution in [0.3, 0.4) is 0 Å². The van der Waals surface area contributed by atoms with Gasteiger partial charge in [0.1, 0.15) is 5.58 Å². The number of fused-ring (bicyclic) bond motifs is 1. The van der Waals surface area contributed by atoms with Gasteiger partial charge in [-0.1, -0.05) is 24.3 Å². The van der Waals surface area contributed by atoms with Gasteiger partial charge in [0.15, 0.2) is 0 Å². The Bertz CT molecular complexity index is 1100. The van der Waals surface area contributed by atoms with Gasteiger partial charge in [-0.3, -0.25) is 9.80 Å². The van der Waals surface area contributed by atoms with Crippen molar-refractivity contribution in [2.45, 2.75) is 26.4 Å². The van der Waals surface area contributed by atoms with Crippen molar-refractivity contribution in [2.24, 2.45) is 0 Å². The van der Waals surface area contributed by atoms with Crippen LogP contribution in [0.2, 0.25) is 0 Å². The van der Waals surface area contributed by atoms with Crippen molar-refractivity contribution in [2.75, 3.05) is 26.2 Å². The Labute approximate surface area is 170 Å². The molecule has 0 amide bonds. The summed E-state index contributed by atoms with van der Waals surface area (Å²) in [5, 5.41) is 9.96. The van der Waals surface area contributed by atoms with E-state index in [1.165, 1.54) is 5.56 Å². The predicted molar refractivity (Wildman–Crippen MR) is 114 cm³/mol. The molecule has 4 rings (SSSR count). The summed E-state index contributed by atoms with van der Waals surface area (Å²) in [7, 11) is 0. The van der Waals surface area contributed by atoms with Gasteiger partial charge in [0, 0.05) is 37.6 Å². The molecule has 0 aliphatic carbocycles. The Hall–Kier alpha value is -2.94. The lowest BCUT2D eigenvalue weighted by Crippen LogP contribution is -2.30. The first-order chi connectivity index (χ1) is 14.1. The summed E-state index contributed by atoms with van der Waals surface area (Å²) in [5.74, 6) is 0. The van der Waals surface area contributed by atoms with Crippen molar-refractivity contribution in [1.29, 1.82) is 5.26 Å². The molecule has 3 aromatic rings. The predicted octanol–water partition coefficient (Wildman–Crippen LogP) is 3.68. The van der Waals surface area contributed by atoms with Crippen molar-refractivity contribution in [3.8, 4) is 6.07 Å². The fourth-order valence-corrected chi connectivity index (χ4v) is 3.99. The summed E-state index contributed by atoms with van der Waals surface area (Å²) in [5.41, 5.74) is 4.45. The maximum absolute atomic E-state index is 12.0. The average Bonchev–Trinajstić information content (AvgIpc) is 2.93. The van der Waals surface area contributed by atoms with Crippen LogP contribution in [0.25, 0.3) is 11.0 Å². The second-order valence-electron chi connectivity index (χ2n) is 7.80. The van der Waals surface area contributed by atoms with Crippen LogP contribution in [-0.2, 0) is 13.1 Å². The van der Waals surface area contributed by atoms with E-state index in [1.807, 2.05) is 37.3 Å². The highest BCUT2D eigenvalue weighted by Gasteiger charge is 2.17. The Kier molecular flexibility index (Phi) is 5.75.